The molecule has 0 saturated carbocycles. The third kappa shape index (κ3) is 6.64. The van der Waals surface area contributed by atoms with Gasteiger partial charge >= 0.3 is 10.2 Å². The molecule has 0 aromatic heterocycles. The van der Waals surface area contributed by atoms with Crippen LogP contribution in [0.4, 0.5) is 25.8 Å². The van der Waals surface area contributed by atoms with Gasteiger partial charge in [0.2, 0.25) is 0 Å². The summed E-state index contributed by atoms with van der Waals surface area (Å²) in [5, 5.41) is 6.09. The Balaban J connectivity index is 2.27. The SMILES string of the molecule is CCNCCCN(C)S(=O)(=O)Nc1ccc(F)c(F)c1Nc1ccc(I)cc1Cl. The van der Waals surface area contributed by atoms with E-state index >= 15 is 0 Å². The van der Waals surface area contributed by atoms with E-state index in [1.807, 2.05) is 6.92 Å². The van der Waals surface area contributed by atoms with Crippen molar-refractivity contribution in [3.05, 3.63) is 50.6 Å². The van der Waals surface area contributed by atoms with Gasteiger partial charge in [0.1, 0.15) is 5.69 Å². The highest BCUT2D eigenvalue weighted by atomic mass is 127. The quantitative estimate of drug-likeness (QED) is 0.295. The molecule has 11 heteroatoms. The number of hydrogen-bond acceptors (Lipinski definition) is 4. The van der Waals surface area contributed by atoms with Crippen LogP contribution in [0.15, 0.2) is 30.3 Å². The van der Waals surface area contributed by atoms with Gasteiger partial charge in [-0.25, -0.2) is 8.78 Å². The number of hydrogen-bond donors (Lipinski definition) is 3. The van der Waals surface area contributed by atoms with Crippen molar-refractivity contribution < 1.29 is 17.2 Å². The molecule has 0 saturated heterocycles. The number of nitrogens with one attached hydrogen (secondary N) is 3. The van der Waals surface area contributed by atoms with Gasteiger partial charge in [0.25, 0.3) is 0 Å². The molecule has 2 aromatic rings. The fraction of sp³-hybridized carbons (Fsp3) is 0.333. The monoisotopic (exact) mass is 558 g/mol. The van der Waals surface area contributed by atoms with Gasteiger partial charge < -0.3 is 10.6 Å². The maximum Gasteiger partial charge on any atom is 0.301 e. The van der Waals surface area contributed by atoms with Crippen LogP contribution in [0.25, 0.3) is 0 Å². The predicted octanol–water partition coefficient (Wildman–Crippen LogP) is 4.55. The van der Waals surface area contributed by atoms with Crippen molar-refractivity contribution in [3.63, 3.8) is 0 Å². The summed E-state index contributed by atoms with van der Waals surface area (Å²) >= 11 is 8.22. The molecular formula is C18H22ClF2IN4O2S. The van der Waals surface area contributed by atoms with E-state index in [4.69, 9.17) is 11.6 Å². The van der Waals surface area contributed by atoms with E-state index in [1.165, 1.54) is 7.05 Å². The molecule has 0 bridgehead atoms. The van der Waals surface area contributed by atoms with E-state index in [-0.39, 0.29) is 22.9 Å². The second kappa shape index (κ2) is 10.7. The van der Waals surface area contributed by atoms with Crippen molar-refractivity contribution in [2.24, 2.45) is 0 Å². The molecule has 0 aliphatic carbocycles. The summed E-state index contributed by atoms with van der Waals surface area (Å²) < 4.78 is 57.8. The molecule has 6 nitrogen and oxygen atoms in total. The van der Waals surface area contributed by atoms with Crippen LogP contribution in [0, 0.1) is 15.2 Å². The molecule has 3 N–H and O–H groups in total. The number of nitrogens with zero attached hydrogens (tertiary/aromatic N) is 1. The van der Waals surface area contributed by atoms with Gasteiger partial charge in [0.15, 0.2) is 11.6 Å². The standard InChI is InChI=1S/C18H22ClF2IN4O2S/c1-3-23-9-4-10-26(2)29(27,28)25-16-8-6-14(20)17(21)18(16)24-15-7-5-12(22)11-13(15)19/h5-8,11,23-25H,3-4,9-10H2,1-2H3. The van der Waals surface area contributed by atoms with Crippen LogP contribution >= 0.6 is 34.2 Å². The maximum absolute atomic E-state index is 14.5. The highest BCUT2D eigenvalue weighted by Gasteiger charge is 2.22. The van der Waals surface area contributed by atoms with Crippen LogP contribution in [-0.2, 0) is 10.2 Å². The van der Waals surface area contributed by atoms with Gasteiger partial charge in [0.05, 0.1) is 16.4 Å². The zero-order valence-corrected chi connectivity index (χ0v) is 19.6. The van der Waals surface area contributed by atoms with Crippen LogP contribution in [0.3, 0.4) is 0 Å². The van der Waals surface area contributed by atoms with Gasteiger partial charge in [-0.3, -0.25) is 4.72 Å². The molecule has 0 heterocycles. The first-order valence-electron chi connectivity index (χ1n) is 8.80. The fourth-order valence-electron chi connectivity index (χ4n) is 2.42. The van der Waals surface area contributed by atoms with E-state index < -0.39 is 21.8 Å². The van der Waals surface area contributed by atoms with Gasteiger partial charge in [-0.05, 0) is 72.4 Å². The Morgan fingerprint density at radius 2 is 1.86 bits per heavy atom. The average Bonchev–Trinajstić information content (AvgIpc) is 2.66. The summed E-state index contributed by atoms with van der Waals surface area (Å²) in [6.45, 7) is 3.68. The van der Waals surface area contributed by atoms with Crippen LogP contribution in [-0.4, -0.2) is 39.4 Å². The maximum atomic E-state index is 14.5. The second-order valence-corrected chi connectivity index (χ2v) is 9.60. The van der Waals surface area contributed by atoms with E-state index in [1.54, 1.807) is 18.2 Å². The van der Waals surface area contributed by atoms with Crippen LogP contribution in [0.2, 0.25) is 5.02 Å². The van der Waals surface area contributed by atoms with E-state index in [9.17, 15) is 17.2 Å². The molecule has 2 rings (SSSR count). The largest absolute Gasteiger partial charge is 0.350 e. The lowest BCUT2D eigenvalue weighted by molar-refractivity contribution is 0.459. The molecule has 2 aromatic carbocycles. The molecule has 0 amide bonds. The van der Waals surface area contributed by atoms with Gasteiger partial charge in [0, 0.05) is 17.2 Å². The number of anilines is 3. The molecule has 0 aliphatic rings. The lowest BCUT2D eigenvalue weighted by Crippen LogP contribution is -2.34. The summed E-state index contributed by atoms with van der Waals surface area (Å²) in [5.41, 5.74) is -0.161. The topological polar surface area (TPSA) is 73.5 Å². The van der Waals surface area contributed by atoms with Crippen LogP contribution in [0.5, 0.6) is 0 Å². The van der Waals surface area contributed by atoms with Gasteiger partial charge in [-0.2, -0.15) is 12.7 Å². The molecule has 0 unspecified atom stereocenters. The smallest absolute Gasteiger partial charge is 0.301 e. The summed E-state index contributed by atoms with van der Waals surface area (Å²) in [5.74, 6) is -2.33. The highest BCUT2D eigenvalue weighted by Crippen LogP contribution is 2.34. The third-order valence-corrected chi connectivity index (χ3v) is 6.48. The predicted molar refractivity (Wildman–Crippen MR) is 122 cm³/mol. The Hall–Kier alpha value is -1.21. The first-order chi connectivity index (χ1) is 13.7. The minimum Gasteiger partial charge on any atom is -0.350 e. The van der Waals surface area contributed by atoms with Crippen molar-refractivity contribution in [2.45, 2.75) is 13.3 Å². The third-order valence-electron chi connectivity index (χ3n) is 4.01. The highest BCUT2D eigenvalue weighted by molar-refractivity contribution is 14.1. The zero-order chi connectivity index (χ0) is 21.6. The Morgan fingerprint density at radius 1 is 1.17 bits per heavy atom. The van der Waals surface area contributed by atoms with Gasteiger partial charge in [-0.15, -0.1) is 0 Å². The minimum atomic E-state index is -3.97. The van der Waals surface area contributed by atoms with Crippen LogP contribution in [0.1, 0.15) is 13.3 Å². The van der Waals surface area contributed by atoms with Gasteiger partial charge in [-0.1, -0.05) is 18.5 Å². The lowest BCUT2D eigenvalue weighted by Gasteiger charge is -2.21. The van der Waals surface area contributed by atoms with Crippen molar-refractivity contribution in [1.82, 2.24) is 9.62 Å². The Kier molecular flexibility index (Phi) is 8.89. The van der Waals surface area contributed by atoms with Crippen LogP contribution < -0.4 is 15.4 Å². The molecule has 0 fully saturated rings. The van der Waals surface area contributed by atoms with Crippen molar-refractivity contribution in [2.75, 3.05) is 36.7 Å². The Labute approximate surface area is 188 Å². The summed E-state index contributed by atoms with van der Waals surface area (Å²) in [4.78, 5) is 0. The number of halogens is 4. The molecular weight excluding hydrogens is 537 g/mol. The van der Waals surface area contributed by atoms with Crippen molar-refractivity contribution in [1.29, 1.82) is 0 Å². The zero-order valence-electron chi connectivity index (χ0n) is 15.9. The lowest BCUT2D eigenvalue weighted by atomic mass is 10.2. The number of rotatable bonds is 10. The Bertz CT molecular complexity index is 963. The molecule has 160 valence electrons. The number of benzene rings is 2. The normalized spacial score (nSPS) is 11.7. The second-order valence-electron chi connectivity index (χ2n) is 6.17. The summed E-state index contributed by atoms with van der Waals surface area (Å²) in [7, 11) is -2.56. The molecule has 0 atom stereocenters. The first-order valence-corrected chi connectivity index (χ1v) is 11.7. The summed E-state index contributed by atoms with van der Waals surface area (Å²) in [6, 6.07) is 6.99. The first kappa shape index (κ1) is 24.1. The fourth-order valence-corrected chi connectivity index (χ4v) is 4.30. The average molecular weight is 559 g/mol. The van der Waals surface area contributed by atoms with E-state index in [2.05, 4.69) is 37.9 Å². The molecule has 0 radical (unpaired) electrons. The van der Waals surface area contributed by atoms with E-state index in [0.717, 1.165) is 26.6 Å². The molecule has 29 heavy (non-hydrogen) atoms. The van der Waals surface area contributed by atoms with Crippen molar-refractivity contribution in [3.8, 4) is 0 Å². The molecule has 0 aliphatic heterocycles. The molecule has 0 spiro atoms. The minimum absolute atomic E-state index is 0.128. The Morgan fingerprint density at radius 3 is 2.52 bits per heavy atom. The van der Waals surface area contributed by atoms with E-state index in [0.29, 0.717) is 18.7 Å². The summed E-state index contributed by atoms with van der Waals surface area (Å²) in [6.07, 6.45) is 0.604. The van der Waals surface area contributed by atoms with Crippen molar-refractivity contribution >= 4 is 61.5 Å².